The van der Waals surface area contributed by atoms with Crippen molar-refractivity contribution in [3.05, 3.63) is 5.69 Å². The number of nitrogens with two attached hydrogens (primary N) is 1. The fourth-order valence-electron chi connectivity index (χ4n) is 1.79. The van der Waals surface area contributed by atoms with E-state index in [-0.39, 0.29) is 5.75 Å². The van der Waals surface area contributed by atoms with E-state index in [0.717, 1.165) is 18.5 Å². The quantitative estimate of drug-likeness (QED) is 0.881. The van der Waals surface area contributed by atoms with Gasteiger partial charge in [-0.1, -0.05) is 5.21 Å². The van der Waals surface area contributed by atoms with E-state index in [0.29, 0.717) is 18.3 Å². The third-order valence-corrected chi connectivity index (χ3v) is 5.86. The molecule has 1 aliphatic carbocycles. The molecule has 1 heterocycles. The molecule has 2 N–H and O–H groups in total. The molecule has 102 valence electrons. The average molecular weight is 272 g/mol. The molecule has 1 aromatic rings. The summed E-state index contributed by atoms with van der Waals surface area (Å²) in [7, 11) is -3.14. The predicted octanol–water partition coefficient (Wildman–Crippen LogP) is 0.951. The van der Waals surface area contributed by atoms with Crippen LogP contribution in [0.15, 0.2) is 0 Å². The molecule has 1 aliphatic rings. The van der Waals surface area contributed by atoms with Crippen LogP contribution >= 0.6 is 0 Å². The van der Waals surface area contributed by atoms with Crippen LogP contribution < -0.4 is 5.73 Å². The van der Waals surface area contributed by atoms with E-state index in [9.17, 15) is 8.42 Å². The molecule has 0 aliphatic heterocycles. The molecular formula is C11H20N4O2S. The van der Waals surface area contributed by atoms with Crippen LogP contribution in [0.4, 0.5) is 5.82 Å². The highest BCUT2D eigenvalue weighted by atomic mass is 32.2. The SMILES string of the molecule is CC(C)(C)S(=O)(=O)CCn1nnc(N)c1C1CC1. The van der Waals surface area contributed by atoms with Crippen LogP contribution in [0, 0.1) is 0 Å². The van der Waals surface area contributed by atoms with Gasteiger partial charge in [-0.05, 0) is 33.6 Å². The van der Waals surface area contributed by atoms with E-state index in [1.165, 1.54) is 0 Å². The summed E-state index contributed by atoms with van der Waals surface area (Å²) in [6.07, 6.45) is 2.17. The van der Waals surface area contributed by atoms with Crippen LogP contribution in [-0.2, 0) is 16.4 Å². The number of anilines is 1. The second-order valence-electron chi connectivity index (χ2n) is 5.79. The fourth-order valence-corrected chi connectivity index (χ4v) is 2.81. The summed E-state index contributed by atoms with van der Waals surface area (Å²) in [6, 6.07) is 0. The second kappa shape index (κ2) is 4.22. The summed E-state index contributed by atoms with van der Waals surface area (Å²) in [6.45, 7) is 5.45. The summed E-state index contributed by atoms with van der Waals surface area (Å²) >= 11 is 0. The average Bonchev–Trinajstić information content (AvgIpc) is 2.99. The van der Waals surface area contributed by atoms with Crippen LogP contribution in [0.1, 0.15) is 45.2 Å². The molecule has 0 amide bonds. The summed E-state index contributed by atoms with van der Waals surface area (Å²) in [5, 5.41) is 7.78. The first kappa shape index (κ1) is 13.3. The summed E-state index contributed by atoms with van der Waals surface area (Å²) in [5.74, 6) is 0.918. The molecule has 7 heteroatoms. The largest absolute Gasteiger partial charge is 0.381 e. The van der Waals surface area contributed by atoms with E-state index in [1.54, 1.807) is 25.5 Å². The third kappa shape index (κ3) is 2.50. The Bertz CT molecular complexity index is 538. The van der Waals surface area contributed by atoms with Gasteiger partial charge in [0, 0.05) is 5.92 Å². The van der Waals surface area contributed by atoms with Crippen molar-refractivity contribution in [2.45, 2.75) is 50.8 Å². The highest BCUT2D eigenvalue weighted by molar-refractivity contribution is 7.92. The van der Waals surface area contributed by atoms with Gasteiger partial charge in [-0.15, -0.1) is 5.10 Å². The van der Waals surface area contributed by atoms with E-state index in [1.807, 2.05) is 0 Å². The molecule has 0 saturated heterocycles. The van der Waals surface area contributed by atoms with Gasteiger partial charge in [0.05, 0.1) is 22.7 Å². The van der Waals surface area contributed by atoms with E-state index >= 15 is 0 Å². The maximum atomic E-state index is 12.0. The number of aryl methyl sites for hydroxylation is 1. The van der Waals surface area contributed by atoms with Crippen molar-refractivity contribution in [3.63, 3.8) is 0 Å². The van der Waals surface area contributed by atoms with Crippen LogP contribution in [0.5, 0.6) is 0 Å². The minimum atomic E-state index is -3.14. The smallest absolute Gasteiger partial charge is 0.169 e. The zero-order valence-corrected chi connectivity index (χ0v) is 11.9. The maximum Gasteiger partial charge on any atom is 0.169 e. The van der Waals surface area contributed by atoms with Crippen LogP contribution in [0.25, 0.3) is 0 Å². The minimum Gasteiger partial charge on any atom is -0.381 e. The molecule has 1 fully saturated rings. The number of aromatic nitrogens is 3. The monoisotopic (exact) mass is 272 g/mol. The lowest BCUT2D eigenvalue weighted by Gasteiger charge is -2.19. The molecule has 0 unspecified atom stereocenters. The Hall–Kier alpha value is -1.11. The number of rotatable bonds is 4. The van der Waals surface area contributed by atoms with Crippen molar-refractivity contribution in [2.24, 2.45) is 0 Å². The predicted molar refractivity (Wildman–Crippen MR) is 69.9 cm³/mol. The molecule has 0 radical (unpaired) electrons. The molecule has 1 saturated carbocycles. The highest BCUT2D eigenvalue weighted by Crippen LogP contribution is 2.41. The number of hydrogen-bond donors (Lipinski definition) is 1. The van der Waals surface area contributed by atoms with Gasteiger partial charge in [0.1, 0.15) is 0 Å². The normalized spacial score (nSPS) is 17.1. The second-order valence-corrected chi connectivity index (χ2v) is 8.65. The van der Waals surface area contributed by atoms with Crippen molar-refractivity contribution in [2.75, 3.05) is 11.5 Å². The number of nitrogens with zero attached hydrogens (tertiary/aromatic N) is 3. The molecule has 0 bridgehead atoms. The van der Waals surface area contributed by atoms with Crippen molar-refractivity contribution < 1.29 is 8.42 Å². The summed E-state index contributed by atoms with van der Waals surface area (Å²) in [4.78, 5) is 0. The van der Waals surface area contributed by atoms with Gasteiger partial charge in [-0.3, -0.25) is 0 Å². The fraction of sp³-hybridized carbons (Fsp3) is 0.818. The van der Waals surface area contributed by atoms with Crippen molar-refractivity contribution in [1.29, 1.82) is 0 Å². The maximum absolute atomic E-state index is 12.0. The zero-order chi connectivity index (χ0) is 13.6. The first-order valence-electron chi connectivity index (χ1n) is 6.13. The zero-order valence-electron chi connectivity index (χ0n) is 11.0. The van der Waals surface area contributed by atoms with Gasteiger partial charge in [-0.25, -0.2) is 13.1 Å². The Balaban J connectivity index is 2.12. The molecule has 18 heavy (non-hydrogen) atoms. The van der Waals surface area contributed by atoms with Gasteiger partial charge in [0.25, 0.3) is 0 Å². The van der Waals surface area contributed by atoms with Crippen molar-refractivity contribution >= 4 is 15.7 Å². The topological polar surface area (TPSA) is 90.9 Å². The lowest BCUT2D eigenvalue weighted by atomic mass is 10.3. The van der Waals surface area contributed by atoms with Crippen LogP contribution in [0.2, 0.25) is 0 Å². The van der Waals surface area contributed by atoms with Gasteiger partial charge in [0.2, 0.25) is 0 Å². The lowest BCUT2D eigenvalue weighted by Crippen LogP contribution is -2.32. The van der Waals surface area contributed by atoms with Gasteiger partial charge < -0.3 is 5.73 Å². The Morgan fingerprint density at radius 1 is 1.39 bits per heavy atom. The Morgan fingerprint density at radius 2 is 2.00 bits per heavy atom. The lowest BCUT2D eigenvalue weighted by molar-refractivity contribution is 0.540. The van der Waals surface area contributed by atoms with Crippen LogP contribution in [-0.4, -0.2) is 33.9 Å². The number of sulfone groups is 1. The van der Waals surface area contributed by atoms with E-state index in [4.69, 9.17) is 5.73 Å². The number of hydrogen-bond acceptors (Lipinski definition) is 5. The standard InChI is InChI=1S/C11H20N4O2S/c1-11(2,3)18(16,17)7-6-15-9(8-4-5-8)10(12)13-14-15/h8H,4-7,12H2,1-3H3. The van der Waals surface area contributed by atoms with Gasteiger partial charge in [0.15, 0.2) is 15.7 Å². The summed E-state index contributed by atoms with van der Waals surface area (Å²) < 4.78 is 25.0. The van der Waals surface area contributed by atoms with Crippen LogP contribution in [0.3, 0.4) is 0 Å². The van der Waals surface area contributed by atoms with E-state index in [2.05, 4.69) is 10.3 Å². The van der Waals surface area contributed by atoms with Gasteiger partial charge in [-0.2, -0.15) is 0 Å². The van der Waals surface area contributed by atoms with Gasteiger partial charge >= 0.3 is 0 Å². The van der Waals surface area contributed by atoms with Crippen molar-refractivity contribution in [1.82, 2.24) is 15.0 Å². The molecule has 0 atom stereocenters. The Labute approximate surface area is 107 Å². The van der Waals surface area contributed by atoms with Crippen molar-refractivity contribution in [3.8, 4) is 0 Å². The number of nitrogen functional groups attached to an aromatic ring is 1. The highest BCUT2D eigenvalue weighted by Gasteiger charge is 2.32. The Kier molecular flexibility index (Phi) is 3.12. The molecule has 6 nitrogen and oxygen atoms in total. The molecule has 1 aromatic heterocycles. The first-order chi connectivity index (χ1) is 8.22. The summed E-state index contributed by atoms with van der Waals surface area (Å²) in [5.41, 5.74) is 6.67. The first-order valence-corrected chi connectivity index (χ1v) is 7.79. The molecular weight excluding hydrogens is 252 g/mol. The van der Waals surface area contributed by atoms with E-state index < -0.39 is 14.6 Å². The molecule has 0 spiro atoms. The molecule has 0 aromatic carbocycles. The third-order valence-electron chi connectivity index (χ3n) is 3.27. The minimum absolute atomic E-state index is 0.0685. The Morgan fingerprint density at radius 3 is 2.50 bits per heavy atom. The molecule has 2 rings (SSSR count).